The van der Waals surface area contributed by atoms with Gasteiger partial charge in [0.1, 0.15) is 6.54 Å². The highest BCUT2D eigenvalue weighted by Crippen LogP contribution is 2.23. The fourth-order valence-electron chi connectivity index (χ4n) is 1.52. The number of carboxylic acids is 1. The molecule has 0 unspecified atom stereocenters. The first-order chi connectivity index (χ1) is 9.60. The number of nitrogens with zero attached hydrogens (tertiary/aromatic N) is 2. The topological polar surface area (TPSA) is 81.4 Å². The molecule has 1 amide bonds. The molecule has 0 saturated carbocycles. The van der Waals surface area contributed by atoms with Gasteiger partial charge in [-0.05, 0) is 12.1 Å². The zero-order chi connectivity index (χ0) is 15.0. The number of nitriles is 1. The first-order valence-electron chi connectivity index (χ1n) is 5.63. The third-order valence-corrected chi connectivity index (χ3v) is 3.25. The van der Waals surface area contributed by atoms with Gasteiger partial charge in [-0.1, -0.05) is 18.1 Å². The summed E-state index contributed by atoms with van der Waals surface area (Å²) < 4.78 is 0. The lowest BCUT2D eigenvalue weighted by Gasteiger charge is -2.19. The van der Waals surface area contributed by atoms with E-state index in [1.165, 1.54) is 11.8 Å². The van der Waals surface area contributed by atoms with Crippen molar-refractivity contribution in [1.82, 2.24) is 4.90 Å². The maximum Gasteiger partial charge on any atom is 0.323 e. The molecule has 20 heavy (non-hydrogen) atoms. The third-order valence-electron chi connectivity index (χ3n) is 2.31. The van der Waals surface area contributed by atoms with Crippen molar-refractivity contribution in [2.24, 2.45) is 0 Å². The number of terminal acetylenes is 1. The Hall–Kier alpha value is -2.44. The van der Waals surface area contributed by atoms with Crippen molar-refractivity contribution in [3.8, 4) is 18.4 Å². The molecule has 0 heterocycles. The van der Waals surface area contributed by atoms with Crippen LogP contribution in [0.1, 0.15) is 10.4 Å². The van der Waals surface area contributed by atoms with Gasteiger partial charge in [0.25, 0.3) is 5.91 Å². The molecule has 6 heteroatoms. The van der Waals surface area contributed by atoms with Crippen LogP contribution >= 0.6 is 11.8 Å². The zero-order valence-corrected chi connectivity index (χ0v) is 11.4. The first-order valence-corrected chi connectivity index (χ1v) is 6.62. The van der Waals surface area contributed by atoms with Gasteiger partial charge in [-0.3, -0.25) is 9.59 Å². The summed E-state index contributed by atoms with van der Waals surface area (Å²) >= 11 is 1.22. The molecular formula is C14H12N2O3S. The van der Waals surface area contributed by atoms with E-state index in [0.717, 1.165) is 4.90 Å². The number of hydrogen-bond donors (Lipinski definition) is 1. The molecule has 102 valence electrons. The summed E-state index contributed by atoms with van der Waals surface area (Å²) in [5.74, 6) is 0.894. The summed E-state index contributed by atoms with van der Waals surface area (Å²) in [6.07, 6.45) is 5.15. The van der Waals surface area contributed by atoms with E-state index in [-0.39, 0.29) is 12.3 Å². The molecule has 5 nitrogen and oxygen atoms in total. The smallest absolute Gasteiger partial charge is 0.323 e. The molecule has 1 aromatic rings. The number of aliphatic carboxylic acids is 1. The van der Waals surface area contributed by atoms with E-state index in [1.807, 2.05) is 6.07 Å². The average Bonchev–Trinajstić information content (AvgIpc) is 2.44. The van der Waals surface area contributed by atoms with Gasteiger partial charge in [-0.25, -0.2) is 0 Å². The van der Waals surface area contributed by atoms with Crippen LogP contribution in [0, 0.1) is 23.7 Å². The van der Waals surface area contributed by atoms with Gasteiger partial charge in [-0.2, -0.15) is 5.26 Å². The van der Waals surface area contributed by atoms with Crippen LogP contribution in [-0.2, 0) is 4.79 Å². The number of rotatable bonds is 6. The maximum atomic E-state index is 12.3. The Morgan fingerprint density at radius 2 is 2.10 bits per heavy atom. The molecule has 0 spiro atoms. The summed E-state index contributed by atoms with van der Waals surface area (Å²) in [4.78, 5) is 24.8. The number of thioether (sulfide) groups is 1. The molecule has 0 bridgehead atoms. The zero-order valence-electron chi connectivity index (χ0n) is 10.6. The lowest BCUT2D eigenvalue weighted by atomic mass is 10.2. The van der Waals surface area contributed by atoms with Crippen LogP contribution in [-0.4, -0.2) is 40.7 Å². The van der Waals surface area contributed by atoms with Gasteiger partial charge in [0.05, 0.1) is 23.9 Å². The molecular weight excluding hydrogens is 276 g/mol. The van der Waals surface area contributed by atoms with Gasteiger partial charge in [0.15, 0.2) is 0 Å². The molecule has 1 rings (SSSR count). The fourth-order valence-corrected chi connectivity index (χ4v) is 2.23. The standard InChI is InChI=1S/C14H12N2O3S/c1-2-8-16(10-13(17)18)14(19)11-5-3-4-6-12(11)20-9-7-15/h1,3-6H,8-10H2,(H,17,18). The molecule has 0 atom stereocenters. The van der Waals surface area contributed by atoms with Gasteiger partial charge in [-0.15, -0.1) is 18.2 Å². The monoisotopic (exact) mass is 288 g/mol. The van der Waals surface area contributed by atoms with Gasteiger partial charge >= 0.3 is 5.97 Å². The van der Waals surface area contributed by atoms with Crippen LogP contribution in [0.15, 0.2) is 29.2 Å². The van der Waals surface area contributed by atoms with E-state index in [0.29, 0.717) is 10.5 Å². The number of hydrogen-bond acceptors (Lipinski definition) is 4. The van der Waals surface area contributed by atoms with Crippen LogP contribution in [0.2, 0.25) is 0 Å². The van der Waals surface area contributed by atoms with Crippen LogP contribution < -0.4 is 0 Å². The number of carbonyl (C=O) groups is 2. The molecule has 0 fully saturated rings. The summed E-state index contributed by atoms with van der Waals surface area (Å²) in [6.45, 7) is -0.539. The molecule has 0 saturated heterocycles. The van der Waals surface area contributed by atoms with Crippen LogP contribution in [0.5, 0.6) is 0 Å². The van der Waals surface area contributed by atoms with Gasteiger partial charge in [0.2, 0.25) is 0 Å². The van der Waals surface area contributed by atoms with Crippen molar-refractivity contribution >= 4 is 23.6 Å². The lowest BCUT2D eigenvalue weighted by Crippen LogP contribution is -2.36. The minimum Gasteiger partial charge on any atom is -0.480 e. The molecule has 0 aliphatic rings. The van der Waals surface area contributed by atoms with E-state index in [4.69, 9.17) is 16.8 Å². The summed E-state index contributed by atoms with van der Waals surface area (Å²) in [6, 6.07) is 8.71. The molecule has 0 radical (unpaired) electrons. The van der Waals surface area contributed by atoms with Crippen LogP contribution in [0.4, 0.5) is 0 Å². The number of carbonyl (C=O) groups excluding carboxylic acids is 1. The highest BCUT2D eigenvalue weighted by Gasteiger charge is 2.20. The van der Waals surface area contributed by atoms with E-state index in [2.05, 4.69) is 5.92 Å². The highest BCUT2D eigenvalue weighted by atomic mass is 32.2. The second-order valence-corrected chi connectivity index (χ2v) is 4.72. The third kappa shape index (κ3) is 4.34. The first kappa shape index (κ1) is 15.6. The minimum absolute atomic E-state index is 0.0810. The predicted molar refractivity (Wildman–Crippen MR) is 75.2 cm³/mol. The Balaban J connectivity index is 3.02. The van der Waals surface area contributed by atoms with Crippen molar-refractivity contribution < 1.29 is 14.7 Å². The molecule has 0 aliphatic heterocycles. The highest BCUT2D eigenvalue weighted by molar-refractivity contribution is 7.99. The molecule has 0 aliphatic carbocycles. The van der Waals surface area contributed by atoms with Crippen molar-refractivity contribution in [3.63, 3.8) is 0 Å². The Morgan fingerprint density at radius 1 is 1.40 bits per heavy atom. The Kier molecular flexibility index (Phi) is 6.15. The van der Waals surface area contributed by atoms with Crippen LogP contribution in [0.3, 0.4) is 0 Å². The predicted octanol–water partition coefficient (Wildman–Crippen LogP) is 1.46. The summed E-state index contributed by atoms with van der Waals surface area (Å²) in [7, 11) is 0. The van der Waals surface area contributed by atoms with E-state index in [9.17, 15) is 9.59 Å². The largest absolute Gasteiger partial charge is 0.480 e. The van der Waals surface area contributed by atoms with Crippen LogP contribution in [0.25, 0.3) is 0 Å². The number of carboxylic acid groups (broad SMARTS) is 1. The summed E-state index contributed by atoms with van der Waals surface area (Å²) in [5, 5.41) is 17.4. The summed E-state index contributed by atoms with van der Waals surface area (Å²) in [5.41, 5.74) is 0.351. The Labute approximate surface area is 121 Å². The van der Waals surface area contributed by atoms with E-state index >= 15 is 0 Å². The average molecular weight is 288 g/mol. The van der Waals surface area contributed by atoms with Gasteiger partial charge < -0.3 is 10.0 Å². The van der Waals surface area contributed by atoms with Crippen molar-refractivity contribution in [1.29, 1.82) is 5.26 Å². The van der Waals surface area contributed by atoms with Crippen molar-refractivity contribution in [3.05, 3.63) is 29.8 Å². The van der Waals surface area contributed by atoms with E-state index in [1.54, 1.807) is 24.3 Å². The van der Waals surface area contributed by atoms with Crippen molar-refractivity contribution in [2.75, 3.05) is 18.8 Å². The SMILES string of the molecule is C#CCN(CC(=O)O)C(=O)c1ccccc1SCC#N. The Bertz CT molecular complexity index is 587. The fraction of sp³-hybridized carbons (Fsp3) is 0.214. The normalized spacial score (nSPS) is 9.30. The minimum atomic E-state index is -1.13. The number of benzene rings is 1. The molecule has 1 N–H and O–H groups in total. The second-order valence-electron chi connectivity index (χ2n) is 3.70. The Morgan fingerprint density at radius 3 is 2.70 bits per heavy atom. The molecule has 1 aromatic carbocycles. The lowest BCUT2D eigenvalue weighted by molar-refractivity contribution is -0.137. The van der Waals surface area contributed by atoms with Gasteiger partial charge in [0, 0.05) is 4.90 Å². The quantitative estimate of drug-likeness (QED) is 0.633. The van der Waals surface area contributed by atoms with Crippen molar-refractivity contribution in [2.45, 2.75) is 4.90 Å². The van der Waals surface area contributed by atoms with E-state index < -0.39 is 18.4 Å². The second kappa shape index (κ2) is 7.88. The maximum absolute atomic E-state index is 12.3. The number of amides is 1. The molecule has 0 aromatic heterocycles.